The predicted octanol–water partition coefficient (Wildman–Crippen LogP) is 0.733. The van der Waals surface area contributed by atoms with Gasteiger partial charge in [0, 0.05) is 30.8 Å². The van der Waals surface area contributed by atoms with Crippen molar-refractivity contribution in [2.75, 3.05) is 26.1 Å². The van der Waals surface area contributed by atoms with E-state index >= 15 is 0 Å². The molecule has 0 spiro atoms. The lowest BCUT2D eigenvalue weighted by atomic mass is 9.70. The Morgan fingerprint density at radius 3 is 2.03 bits per heavy atom. The summed E-state index contributed by atoms with van der Waals surface area (Å²) in [4.78, 5) is 39.3. The van der Waals surface area contributed by atoms with Crippen molar-refractivity contribution in [2.45, 2.75) is 25.7 Å². The number of nitrogens with zero attached hydrogens (tertiary/aromatic N) is 1. The molecule has 1 aliphatic heterocycles. The zero-order valence-corrected chi connectivity index (χ0v) is 22.5. The van der Waals surface area contributed by atoms with Crippen LogP contribution < -0.4 is 16.0 Å². The number of allylic oxidation sites excluding steroid dienone is 3. The molecule has 0 radical (unpaired) electrons. The fourth-order valence-electron chi connectivity index (χ4n) is 3.31. The predicted molar refractivity (Wildman–Crippen MR) is 138 cm³/mol. The number of hydrogen-bond donors (Lipinski definition) is 5. The van der Waals surface area contributed by atoms with E-state index < -0.39 is 43.5 Å². The number of aromatic nitrogens is 1. The van der Waals surface area contributed by atoms with Gasteiger partial charge in [0.25, 0.3) is 20.2 Å². The van der Waals surface area contributed by atoms with Gasteiger partial charge in [-0.25, -0.2) is 4.79 Å². The van der Waals surface area contributed by atoms with Crippen LogP contribution in [0.4, 0.5) is 4.79 Å². The molecule has 2 aliphatic rings. The van der Waals surface area contributed by atoms with Gasteiger partial charge in [0.2, 0.25) is 11.8 Å². The monoisotopic (exact) mass is 562 g/mol. The lowest BCUT2D eigenvalue weighted by Gasteiger charge is -2.37. The van der Waals surface area contributed by atoms with Crippen molar-refractivity contribution in [3.8, 4) is 0 Å². The fraction of sp³-hybridized carbons (Fsp3) is 0.455. The van der Waals surface area contributed by atoms with Crippen LogP contribution in [0.25, 0.3) is 0 Å². The van der Waals surface area contributed by atoms with E-state index in [9.17, 15) is 31.2 Å². The first-order valence-electron chi connectivity index (χ1n) is 10.9. The molecule has 37 heavy (non-hydrogen) atoms. The molecule has 3 rings (SSSR count). The number of carbonyl (C=O) groups is 3. The number of nitrogens with one attached hydrogen (secondary N) is 3. The molecular formula is C22H34N4O9S2. The SMILES string of the molecule is C=CCC1(C2C=CCC2)C(=O)NC(=O)NC1=O.CNCCc1ccccn1.CS(=O)(=O)O.CS(=O)(=O)O. The largest absolute Gasteiger partial charge is 0.328 e. The van der Waals surface area contributed by atoms with Crippen molar-refractivity contribution in [3.05, 3.63) is 54.9 Å². The highest BCUT2D eigenvalue weighted by Crippen LogP contribution is 2.40. The maximum Gasteiger partial charge on any atom is 0.328 e. The number of imide groups is 2. The maximum absolute atomic E-state index is 12.0. The summed E-state index contributed by atoms with van der Waals surface area (Å²) in [6.07, 6.45) is 11.4. The molecule has 4 amide bonds. The van der Waals surface area contributed by atoms with E-state index in [0.717, 1.165) is 31.5 Å². The fourth-order valence-corrected chi connectivity index (χ4v) is 3.31. The molecule has 0 saturated carbocycles. The lowest BCUT2D eigenvalue weighted by Crippen LogP contribution is -2.64. The zero-order chi connectivity index (χ0) is 28.7. The first kappa shape index (κ1) is 34.0. The Hall–Kier alpha value is -2.98. The van der Waals surface area contributed by atoms with Gasteiger partial charge in [-0.2, -0.15) is 16.8 Å². The van der Waals surface area contributed by atoms with Crippen molar-refractivity contribution in [3.63, 3.8) is 0 Å². The van der Waals surface area contributed by atoms with E-state index in [2.05, 4.69) is 27.5 Å². The van der Waals surface area contributed by atoms with Crippen LogP contribution >= 0.6 is 0 Å². The number of hydrogen-bond acceptors (Lipinski definition) is 9. The summed E-state index contributed by atoms with van der Waals surface area (Å²) in [5.74, 6) is -1.22. The Balaban J connectivity index is 0.000000547. The van der Waals surface area contributed by atoms with Crippen LogP contribution in [-0.2, 0) is 36.2 Å². The Kier molecular flexibility index (Phi) is 14.7. The molecule has 15 heteroatoms. The molecule has 1 saturated heterocycles. The molecular weight excluding hydrogens is 528 g/mol. The summed E-state index contributed by atoms with van der Waals surface area (Å²) in [6.45, 7) is 4.59. The molecule has 5 N–H and O–H groups in total. The molecule has 1 aliphatic carbocycles. The number of rotatable bonds is 6. The minimum atomic E-state index is -3.67. The molecule has 208 valence electrons. The van der Waals surface area contributed by atoms with Gasteiger partial charge < -0.3 is 5.32 Å². The molecule has 13 nitrogen and oxygen atoms in total. The van der Waals surface area contributed by atoms with Crippen LogP contribution in [0.5, 0.6) is 0 Å². The van der Waals surface area contributed by atoms with Crippen molar-refractivity contribution < 1.29 is 40.3 Å². The minimum absolute atomic E-state index is 0.173. The third-order valence-electron chi connectivity index (χ3n) is 4.73. The van der Waals surface area contributed by atoms with Gasteiger partial charge in [-0.3, -0.25) is 34.3 Å². The highest BCUT2D eigenvalue weighted by molar-refractivity contribution is 7.85. The topological polar surface area (TPSA) is 209 Å². The second kappa shape index (κ2) is 16.0. The quantitative estimate of drug-likeness (QED) is 0.185. The molecule has 1 unspecified atom stereocenters. The Morgan fingerprint density at radius 2 is 1.65 bits per heavy atom. The third-order valence-corrected chi connectivity index (χ3v) is 4.73. The van der Waals surface area contributed by atoms with Crippen LogP contribution in [0.2, 0.25) is 0 Å². The first-order valence-corrected chi connectivity index (χ1v) is 14.6. The van der Waals surface area contributed by atoms with Crippen LogP contribution in [0.3, 0.4) is 0 Å². The van der Waals surface area contributed by atoms with Gasteiger partial charge in [0.15, 0.2) is 0 Å². The Morgan fingerprint density at radius 1 is 1.11 bits per heavy atom. The van der Waals surface area contributed by atoms with Crippen molar-refractivity contribution in [2.24, 2.45) is 11.3 Å². The van der Waals surface area contributed by atoms with E-state index in [-0.39, 0.29) is 12.3 Å². The molecule has 0 bridgehead atoms. The average Bonchev–Trinajstić information content (AvgIpc) is 3.29. The summed E-state index contributed by atoms with van der Waals surface area (Å²) >= 11 is 0. The minimum Gasteiger partial charge on any atom is -0.319 e. The lowest BCUT2D eigenvalue weighted by molar-refractivity contribution is -0.147. The van der Waals surface area contributed by atoms with E-state index in [1.165, 1.54) is 0 Å². The standard InChI is InChI=1S/C12H14N2O3.C8H12N2.2CH4O3S/c1-2-7-12(8-5-3-4-6-8)9(15)13-11(17)14-10(12)16;1-9-7-5-8-4-2-3-6-10-8;2*1-5(2,3)4/h2-3,5,8H,1,4,6-7H2,(H2,13,14,15,16,17);2-4,6,9H,5,7H2,1H3;2*1H3,(H,2,3,4). The maximum atomic E-state index is 12.0. The Labute approximate surface area is 217 Å². The van der Waals surface area contributed by atoms with E-state index in [1.807, 2.05) is 43.6 Å². The summed E-state index contributed by atoms with van der Waals surface area (Å²) < 4.78 is 51.7. The van der Waals surface area contributed by atoms with E-state index in [0.29, 0.717) is 12.5 Å². The van der Waals surface area contributed by atoms with Crippen LogP contribution in [0.1, 0.15) is 25.0 Å². The third kappa shape index (κ3) is 15.0. The second-order valence-corrected chi connectivity index (χ2v) is 10.9. The van der Waals surface area contributed by atoms with Crippen molar-refractivity contribution in [1.29, 1.82) is 0 Å². The molecule has 0 aromatic carbocycles. The van der Waals surface area contributed by atoms with Crippen LogP contribution in [-0.4, -0.2) is 74.9 Å². The van der Waals surface area contributed by atoms with E-state index in [4.69, 9.17) is 9.11 Å². The highest BCUT2D eigenvalue weighted by atomic mass is 32.2. The van der Waals surface area contributed by atoms with Crippen molar-refractivity contribution >= 4 is 38.1 Å². The zero-order valence-electron chi connectivity index (χ0n) is 20.9. The highest BCUT2D eigenvalue weighted by Gasteiger charge is 2.54. The van der Waals surface area contributed by atoms with Gasteiger partial charge in [-0.1, -0.05) is 24.3 Å². The summed E-state index contributed by atoms with van der Waals surface area (Å²) in [7, 11) is -5.39. The number of amides is 4. The molecule has 1 aromatic heterocycles. The van der Waals surface area contributed by atoms with Crippen LogP contribution in [0.15, 0.2) is 49.2 Å². The molecule has 1 aromatic rings. The normalized spacial score (nSPS) is 18.0. The summed E-state index contributed by atoms with van der Waals surface area (Å²) in [5, 5.41) is 7.42. The molecule has 1 fully saturated rings. The van der Waals surface area contributed by atoms with E-state index in [1.54, 1.807) is 6.08 Å². The average molecular weight is 563 g/mol. The number of urea groups is 1. The smallest absolute Gasteiger partial charge is 0.319 e. The molecule has 1 atom stereocenters. The van der Waals surface area contributed by atoms with Crippen molar-refractivity contribution in [1.82, 2.24) is 20.9 Å². The van der Waals surface area contributed by atoms with Gasteiger partial charge >= 0.3 is 6.03 Å². The van der Waals surface area contributed by atoms with Gasteiger partial charge in [0.1, 0.15) is 5.41 Å². The molecule has 2 heterocycles. The van der Waals surface area contributed by atoms with Gasteiger partial charge in [0.05, 0.1) is 12.5 Å². The first-order chi connectivity index (χ1) is 17.0. The second-order valence-electron chi connectivity index (χ2n) is 7.95. The summed E-state index contributed by atoms with van der Waals surface area (Å²) in [5.41, 5.74) is -0.0697. The number of likely N-dealkylation sites (N-methyl/N-ethyl adjacent to an activating group) is 1. The number of pyridine rings is 1. The van der Waals surface area contributed by atoms with Gasteiger partial charge in [-0.15, -0.1) is 6.58 Å². The summed E-state index contributed by atoms with van der Waals surface area (Å²) in [6, 6.07) is 5.24. The number of barbiturate groups is 1. The van der Waals surface area contributed by atoms with Crippen LogP contribution in [0, 0.1) is 11.3 Å². The number of carbonyl (C=O) groups excluding carboxylic acids is 3. The Bertz CT molecular complexity index is 1090. The van der Waals surface area contributed by atoms with Gasteiger partial charge in [-0.05, 0) is 38.4 Å².